The second kappa shape index (κ2) is 7.78. The van der Waals surface area contributed by atoms with Crippen molar-refractivity contribution in [2.75, 3.05) is 4.72 Å². The monoisotopic (exact) mass is 451 g/mol. The lowest BCUT2D eigenvalue weighted by Crippen LogP contribution is -2.16. The molecule has 0 saturated carbocycles. The van der Waals surface area contributed by atoms with Crippen LogP contribution in [0.25, 0.3) is 16.8 Å². The van der Waals surface area contributed by atoms with Crippen LogP contribution < -0.4 is 4.72 Å². The molecule has 0 bridgehead atoms. The van der Waals surface area contributed by atoms with Crippen molar-refractivity contribution in [2.45, 2.75) is 57.9 Å². The minimum absolute atomic E-state index is 0.0479. The summed E-state index contributed by atoms with van der Waals surface area (Å²) in [6.07, 6.45) is 3.72. The van der Waals surface area contributed by atoms with Crippen LogP contribution in [-0.4, -0.2) is 27.8 Å². The van der Waals surface area contributed by atoms with Gasteiger partial charge in [0.1, 0.15) is 5.82 Å². The van der Waals surface area contributed by atoms with Gasteiger partial charge in [-0.05, 0) is 61.6 Å². The Morgan fingerprint density at radius 3 is 2.31 bits per heavy atom. The minimum atomic E-state index is -3.77. The van der Waals surface area contributed by atoms with Gasteiger partial charge in [0.05, 0.1) is 22.3 Å². The van der Waals surface area contributed by atoms with E-state index in [4.69, 9.17) is 0 Å². The van der Waals surface area contributed by atoms with E-state index in [1.54, 1.807) is 28.9 Å². The van der Waals surface area contributed by atoms with Crippen LogP contribution in [0.3, 0.4) is 0 Å². The maximum Gasteiger partial charge on any atom is 0.263 e. The van der Waals surface area contributed by atoms with Crippen molar-refractivity contribution < 1.29 is 8.42 Å². The fraction of sp³-hybridized carbons (Fsp3) is 0.333. The number of aryl methyl sites for hydroxylation is 1. The molecule has 0 aliphatic carbocycles. The van der Waals surface area contributed by atoms with Gasteiger partial charge in [0, 0.05) is 17.8 Å². The van der Waals surface area contributed by atoms with Gasteiger partial charge in [0.25, 0.3) is 10.0 Å². The van der Waals surface area contributed by atoms with Crippen molar-refractivity contribution in [1.82, 2.24) is 19.4 Å². The molecule has 7 nitrogen and oxygen atoms in total. The molecule has 1 aromatic carbocycles. The van der Waals surface area contributed by atoms with Gasteiger partial charge >= 0.3 is 0 Å². The molecule has 0 saturated heterocycles. The highest BCUT2D eigenvalue weighted by Crippen LogP contribution is 2.27. The van der Waals surface area contributed by atoms with Crippen molar-refractivity contribution in [1.29, 1.82) is 0 Å². The smallest absolute Gasteiger partial charge is 0.263 e. The number of hydrogen-bond donors (Lipinski definition) is 1. The Labute approximate surface area is 189 Å². The third-order valence-corrected chi connectivity index (χ3v) is 6.90. The molecule has 168 valence electrons. The van der Waals surface area contributed by atoms with Gasteiger partial charge in [-0.15, -0.1) is 0 Å². The molecule has 0 radical (unpaired) electrons. The lowest BCUT2D eigenvalue weighted by molar-refractivity contribution is 0.532. The van der Waals surface area contributed by atoms with E-state index in [1.165, 1.54) is 0 Å². The Bertz CT molecular complexity index is 1370. The Hall–Kier alpha value is -3.13. The van der Waals surface area contributed by atoms with E-state index in [9.17, 15) is 8.42 Å². The number of benzene rings is 1. The normalized spacial score (nSPS) is 12.6. The molecule has 3 heterocycles. The molecule has 8 heteroatoms. The fourth-order valence-electron chi connectivity index (χ4n) is 3.51. The number of anilines is 1. The molecule has 32 heavy (non-hydrogen) atoms. The first-order valence-corrected chi connectivity index (χ1v) is 12.1. The Morgan fingerprint density at radius 1 is 1.03 bits per heavy atom. The molecular weight excluding hydrogens is 422 g/mol. The summed E-state index contributed by atoms with van der Waals surface area (Å²) in [5, 5.41) is 9.06. The number of sulfonamides is 1. The van der Waals surface area contributed by atoms with Crippen LogP contribution >= 0.6 is 0 Å². The quantitative estimate of drug-likeness (QED) is 0.453. The predicted octanol–water partition coefficient (Wildman–Crippen LogP) is 5.19. The summed E-state index contributed by atoms with van der Waals surface area (Å²) in [6.45, 7) is 12.4. The molecule has 0 fully saturated rings. The van der Waals surface area contributed by atoms with Gasteiger partial charge in [0.2, 0.25) is 0 Å². The van der Waals surface area contributed by atoms with Gasteiger partial charge in [-0.25, -0.2) is 12.9 Å². The fourth-order valence-corrected chi connectivity index (χ4v) is 4.55. The zero-order valence-corrected chi connectivity index (χ0v) is 20.1. The summed E-state index contributed by atoms with van der Waals surface area (Å²) in [5.41, 5.74) is 4.48. The van der Waals surface area contributed by atoms with E-state index < -0.39 is 10.0 Å². The van der Waals surface area contributed by atoms with Gasteiger partial charge < -0.3 is 0 Å². The number of nitrogens with one attached hydrogen (secondary N) is 1. The summed E-state index contributed by atoms with van der Waals surface area (Å²) in [4.78, 5) is 0.213. The highest BCUT2D eigenvalue weighted by atomic mass is 32.2. The number of aromatic nitrogens is 4. The molecule has 1 N–H and O–H groups in total. The Kier molecular flexibility index (Phi) is 5.36. The molecule has 4 rings (SSSR count). The summed E-state index contributed by atoms with van der Waals surface area (Å²) >= 11 is 0. The molecule has 0 aliphatic heterocycles. The van der Waals surface area contributed by atoms with Crippen LogP contribution in [0.2, 0.25) is 0 Å². The van der Waals surface area contributed by atoms with Crippen LogP contribution in [0.15, 0.2) is 59.8 Å². The summed E-state index contributed by atoms with van der Waals surface area (Å²) < 4.78 is 32.4. The van der Waals surface area contributed by atoms with Crippen LogP contribution in [0.5, 0.6) is 0 Å². The zero-order chi connectivity index (χ0) is 23.3. The Balaban J connectivity index is 1.71. The molecule has 3 aromatic heterocycles. The van der Waals surface area contributed by atoms with Gasteiger partial charge in [-0.3, -0.25) is 9.40 Å². The molecule has 0 amide bonds. The first-order chi connectivity index (χ1) is 15.0. The SMILES string of the molecule is Cc1ccc(NS(=O)(=O)c2ccc(C(C)(C)C)cc2)n2nc(-c3cnn(C(C)C)c3)cc12. The molecule has 0 atom stereocenters. The Morgan fingerprint density at radius 2 is 1.72 bits per heavy atom. The van der Waals surface area contributed by atoms with E-state index in [-0.39, 0.29) is 16.4 Å². The van der Waals surface area contributed by atoms with E-state index in [2.05, 4.69) is 49.5 Å². The summed E-state index contributed by atoms with van der Waals surface area (Å²) in [6, 6.07) is 12.8. The second-order valence-corrected chi connectivity index (χ2v) is 11.1. The second-order valence-electron chi connectivity index (χ2n) is 9.41. The molecule has 4 aromatic rings. The van der Waals surface area contributed by atoms with Crippen LogP contribution in [0.4, 0.5) is 5.82 Å². The minimum Gasteiger partial charge on any atom is -0.270 e. The number of hydrogen-bond acceptors (Lipinski definition) is 4. The van der Waals surface area contributed by atoms with Crippen molar-refractivity contribution in [3.8, 4) is 11.3 Å². The standard InChI is InChI=1S/C24H29N5O2S/c1-16(2)28-15-18(14-25-28)21-13-22-17(3)7-12-23(29(22)26-21)27-32(30,31)20-10-8-19(9-11-20)24(4,5)6/h7-16,27H,1-6H3. The maximum absolute atomic E-state index is 13.1. The van der Waals surface area contributed by atoms with Crippen molar-refractivity contribution >= 4 is 21.4 Å². The maximum atomic E-state index is 13.1. The topological polar surface area (TPSA) is 81.3 Å². The number of nitrogens with zero attached hydrogens (tertiary/aromatic N) is 4. The van der Waals surface area contributed by atoms with E-state index in [0.717, 1.165) is 27.9 Å². The third-order valence-electron chi connectivity index (χ3n) is 5.53. The van der Waals surface area contributed by atoms with Crippen LogP contribution in [-0.2, 0) is 15.4 Å². The summed E-state index contributed by atoms with van der Waals surface area (Å²) in [5.74, 6) is 0.382. The highest BCUT2D eigenvalue weighted by molar-refractivity contribution is 7.92. The van der Waals surface area contributed by atoms with Crippen molar-refractivity contribution in [3.63, 3.8) is 0 Å². The van der Waals surface area contributed by atoms with Crippen LogP contribution in [0.1, 0.15) is 51.8 Å². The summed E-state index contributed by atoms with van der Waals surface area (Å²) in [7, 11) is -3.77. The van der Waals surface area contributed by atoms with Gasteiger partial charge in [-0.1, -0.05) is 39.0 Å². The average molecular weight is 452 g/mol. The third kappa shape index (κ3) is 4.14. The molecule has 0 aliphatic rings. The van der Waals surface area contributed by atoms with E-state index in [0.29, 0.717) is 5.82 Å². The predicted molar refractivity (Wildman–Crippen MR) is 127 cm³/mol. The van der Waals surface area contributed by atoms with Gasteiger partial charge in [0.15, 0.2) is 0 Å². The number of rotatable bonds is 5. The molecule has 0 spiro atoms. The van der Waals surface area contributed by atoms with E-state index in [1.807, 2.05) is 42.1 Å². The van der Waals surface area contributed by atoms with Crippen molar-refractivity contribution in [3.05, 3.63) is 66.0 Å². The lowest BCUT2D eigenvalue weighted by Gasteiger charge is -2.19. The van der Waals surface area contributed by atoms with E-state index >= 15 is 0 Å². The molecular formula is C24H29N5O2S. The van der Waals surface area contributed by atoms with Crippen LogP contribution in [0, 0.1) is 6.92 Å². The number of pyridine rings is 1. The zero-order valence-electron chi connectivity index (χ0n) is 19.3. The first kappa shape index (κ1) is 22.1. The van der Waals surface area contributed by atoms with Gasteiger partial charge in [-0.2, -0.15) is 10.2 Å². The lowest BCUT2D eigenvalue weighted by atomic mass is 9.87. The molecule has 0 unspecified atom stereocenters. The average Bonchev–Trinajstić information content (AvgIpc) is 3.37. The van der Waals surface area contributed by atoms with Crippen molar-refractivity contribution in [2.24, 2.45) is 0 Å². The first-order valence-electron chi connectivity index (χ1n) is 10.6. The highest BCUT2D eigenvalue weighted by Gasteiger charge is 2.20. The number of fused-ring (bicyclic) bond motifs is 1. The largest absolute Gasteiger partial charge is 0.270 e.